The van der Waals surface area contributed by atoms with Gasteiger partial charge in [-0.1, -0.05) is 6.07 Å². The Balaban J connectivity index is 1.98. The van der Waals surface area contributed by atoms with Gasteiger partial charge in [-0.3, -0.25) is 9.59 Å². The van der Waals surface area contributed by atoms with Crippen LogP contribution >= 0.6 is 0 Å². The van der Waals surface area contributed by atoms with Crippen molar-refractivity contribution in [2.24, 2.45) is 11.7 Å². The summed E-state index contributed by atoms with van der Waals surface area (Å²) in [6.45, 7) is 5.84. The number of benzene rings is 1. The number of rotatable bonds is 6. The zero-order chi connectivity index (χ0) is 16.1. The molecule has 1 aromatic rings. The van der Waals surface area contributed by atoms with Gasteiger partial charge in [0.15, 0.2) is 0 Å². The molecule has 5 heteroatoms. The highest BCUT2D eigenvalue weighted by Gasteiger charge is 2.37. The monoisotopic (exact) mass is 303 g/mol. The highest BCUT2D eigenvalue weighted by Crippen LogP contribution is 2.27. The number of nitrogens with one attached hydrogen (secondary N) is 1. The van der Waals surface area contributed by atoms with Gasteiger partial charge in [0.1, 0.15) is 5.92 Å². The molecule has 1 heterocycles. The van der Waals surface area contributed by atoms with Gasteiger partial charge < -0.3 is 16.0 Å². The van der Waals surface area contributed by atoms with Gasteiger partial charge in [-0.05, 0) is 62.9 Å². The van der Waals surface area contributed by atoms with E-state index in [-0.39, 0.29) is 11.8 Å². The molecule has 22 heavy (non-hydrogen) atoms. The van der Waals surface area contributed by atoms with Crippen molar-refractivity contribution in [3.05, 3.63) is 29.3 Å². The van der Waals surface area contributed by atoms with Crippen molar-refractivity contribution >= 4 is 17.5 Å². The molecule has 120 valence electrons. The van der Waals surface area contributed by atoms with Crippen LogP contribution in [0.25, 0.3) is 0 Å². The highest BCUT2D eigenvalue weighted by molar-refractivity contribution is 6.09. The quantitative estimate of drug-likeness (QED) is 0.618. The van der Waals surface area contributed by atoms with Crippen molar-refractivity contribution in [1.29, 1.82) is 0 Å². The summed E-state index contributed by atoms with van der Waals surface area (Å²) in [5, 5.41) is 2.84. The third kappa shape index (κ3) is 3.85. The predicted octanol–water partition coefficient (Wildman–Crippen LogP) is 1.51. The summed E-state index contributed by atoms with van der Waals surface area (Å²) in [6, 6.07) is 6.06. The van der Waals surface area contributed by atoms with Gasteiger partial charge in [0.05, 0.1) is 0 Å². The summed E-state index contributed by atoms with van der Waals surface area (Å²) < 4.78 is 0. The molecule has 0 saturated carbocycles. The van der Waals surface area contributed by atoms with Crippen LogP contribution in [0.1, 0.15) is 30.4 Å². The molecular weight excluding hydrogens is 278 g/mol. The maximum Gasteiger partial charge on any atom is 0.239 e. The molecule has 5 nitrogen and oxygen atoms in total. The number of anilines is 1. The second kappa shape index (κ2) is 7.40. The Morgan fingerprint density at radius 2 is 1.95 bits per heavy atom. The second-order valence-corrected chi connectivity index (χ2v) is 5.96. The van der Waals surface area contributed by atoms with Crippen molar-refractivity contribution in [1.82, 2.24) is 5.32 Å². The maximum absolute atomic E-state index is 12.5. The average Bonchev–Trinajstić information content (AvgIpc) is 2.84. The number of hydrogen-bond donors (Lipinski definition) is 2. The molecular formula is C17H25N3O2. The van der Waals surface area contributed by atoms with Gasteiger partial charge in [-0.2, -0.15) is 0 Å². The molecule has 2 rings (SSSR count). The third-order valence-electron chi connectivity index (χ3n) is 3.97. The average molecular weight is 303 g/mol. The molecule has 1 aliphatic heterocycles. The van der Waals surface area contributed by atoms with E-state index in [2.05, 4.69) is 11.4 Å². The molecule has 0 aromatic heterocycles. The van der Waals surface area contributed by atoms with Gasteiger partial charge in [-0.25, -0.2) is 0 Å². The molecule has 0 spiro atoms. The summed E-state index contributed by atoms with van der Waals surface area (Å²) in [7, 11) is 0. The molecule has 0 bridgehead atoms. The molecule has 1 unspecified atom stereocenters. The van der Waals surface area contributed by atoms with Crippen LogP contribution < -0.4 is 16.0 Å². The van der Waals surface area contributed by atoms with E-state index in [1.807, 2.05) is 26.0 Å². The van der Waals surface area contributed by atoms with E-state index in [9.17, 15) is 9.59 Å². The Kier molecular flexibility index (Phi) is 5.55. The van der Waals surface area contributed by atoms with E-state index in [4.69, 9.17) is 5.73 Å². The van der Waals surface area contributed by atoms with Gasteiger partial charge in [0, 0.05) is 18.8 Å². The van der Waals surface area contributed by atoms with Gasteiger partial charge in [-0.15, -0.1) is 0 Å². The van der Waals surface area contributed by atoms with Crippen molar-refractivity contribution in [3.8, 4) is 0 Å². The Morgan fingerprint density at radius 3 is 2.59 bits per heavy atom. The van der Waals surface area contributed by atoms with E-state index in [0.717, 1.165) is 29.7 Å². The molecule has 2 amide bonds. The number of amides is 2. The van der Waals surface area contributed by atoms with Crippen LogP contribution in [0.4, 0.5) is 5.69 Å². The predicted molar refractivity (Wildman–Crippen MR) is 87.7 cm³/mol. The van der Waals surface area contributed by atoms with Crippen LogP contribution in [0.2, 0.25) is 0 Å². The lowest BCUT2D eigenvalue weighted by Gasteiger charge is -2.18. The van der Waals surface area contributed by atoms with Crippen molar-refractivity contribution in [2.45, 2.75) is 33.1 Å². The fraction of sp³-hybridized carbons (Fsp3) is 0.529. The van der Waals surface area contributed by atoms with Gasteiger partial charge >= 0.3 is 0 Å². The highest BCUT2D eigenvalue weighted by atomic mass is 16.2. The van der Waals surface area contributed by atoms with E-state index in [0.29, 0.717) is 26.1 Å². The van der Waals surface area contributed by atoms with Crippen LogP contribution in [0.5, 0.6) is 0 Å². The largest absolute Gasteiger partial charge is 0.355 e. The lowest BCUT2D eigenvalue weighted by molar-refractivity contribution is -0.132. The van der Waals surface area contributed by atoms with E-state index >= 15 is 0 Å². The summed E-state index contributed by atoms with van der Waals surface area (Å²) in [6.07, 6.45) is 2.31. The standard InChI is InChI=1S/C17H25N3O2/c1-12-9-13(2)11-14(10-12)20-8-5-15(17(20)22)16(21)19-7-4-3-6-18/h9-11,15H,3-8,18H2,1-2H3,(H,19,21). The maximum atomic E-state index is 12.5. The molecule has 1 saturated heterocycles. The third-order valence-corrected chi connectivity index (χ3v) is 3.97. The summed E-state index contributed by atoms with van der Waals surface area (Å²) in [5.74, 6) is -0.811. The van der Waals surface area contributed by atoms with Crippen LogP contribution in [-0.4, -0.2) is 31.4 Å². The number of carbonyl (C=O) groups excluding carboxylic acids is 2. The fourth-order valence-corrected chi connectivity index (χ4v) is 2.89. The normalized spacial score (nSPS) is 17.9. The Hall–Kier alpha value is -1.88. The number of unbranched alkanes of at least 4 members (excludes halogenated alkanes) is 1. The smallest absolute Gasteiger partial charge is 0.239 e. The topological polar surface area (TPSA) is 75.4 Å². The van der Waals surface area contributed by atoms with E-state index < -0.39 is 5.92 Å². The summed E-state index contributed by atoms with van der Waals surface area (Å²) >= 11 is 0. The van der Waals surface area contributed by atoms with Crippen molar-refractivity contribution in [2.75, 3.05) is 24.5 Å². The minimum atomic E-state index is -0.557. The number of nitrogens with two attached hydrogens (primary N) is 1. The van der Waals surface area contributed by atoms with E-state index in [1.54, 1.807) is 4.90 Å². The number of nitrogens with zero attached hydrogens (tertiary/aromatic N) is 1. The zero-order valence-electron chi connectivity index (χ0n) is 13.4. The van der Waals surface area contributed by atoms with E-state index in [1.165, 1.54) is 0 Å². The van der Waals surface area contributed by atoms with Crippen LogP contribution in [0.15, 0.2) is 18.2 Å². The van der Waals surface area contributed by atoms with Crippen LogP contribution in [0, 0.1) is 19.8 Å². The van der Waals surface area contributed by atoms with Crippen LogP contribution in [0.3, 0.4) is 0 Å². The number of aryl methyl sites for hydroxylation is 2. The summed E-state index contributed by atoms with van der Waals surface area (Å²) in [5.41, 5.74) is 8.56. The minimum absolute atomic E-state index is 0.0960. The number of hydrogen-bond acceptors (Lipinski definition) is 3. The van der Waals surface area contributed by atoms with Crippen LogP contribution in [-0.2, 0) is 9.59 Å². The fourth-order valence-electron chi connectivity index (χ4n) is 2.89. The molecule has 1 aromatic carbocycles. The molecule has 1 aliphatic rings. The lowest BCUT2D eigenvalue weighted by Crippen LogP contribution is -2.37. The SMILES string of the molecule is Cc1cc(C)cc(N2CCC(C(=O)NCCCCN)C2=O)c1. The first-order valence-electron chi connectivity index (χ1n) is 7.90. The van der Waals surface area contributed by atoms with Crippen molar-refractivity contribution in [3.63, 3.8) is 0 Å². The lowest BCUT2D eigenvalue weighted by atomic mass is 10.1. The van der Waals surface area contributed by atoms with Gasteiger partial charge in [0.25, 0.3) is 0 Å². The Morgan fingerprint density at radius 1 is 1.27 bits per heavy atom. The molecule has 3 N–H and O–H groups in total. The second-order valence-electron chi connectivity index (χ2n) is 5.96. The Labute approximate surface area is 131 Å². The first kappa shape index (κ1) is 16.5. The first-order chi connectivity index (χ1) is 10.5. The first-order valence-corrected chi connectivity index (χ1v) is 7.90. The molecule has 0 aliphatic carbocycles. The Bertz CT molecular complexity index is 537. The number of carbonyl (C=O) groups is 2. The van der Waals surface area contributed by atoms with Gasteiger partial charge in [0.2, 0.25) is 11.8 Å². The molecule has 1 atom stereocenters. The zero-order valence-corrected chi connectivity index (χ0v) is 13.4. The van der Waals surface area contributed by atoms with Crippen molar-refractivity contribution < 1.29 is 9.59 Å². The minimum Gasteiger partial charge on any atom is -0.355 e. The molecule has 1 fully saturated rings. The summed E-state index contributed by atoms with van der Waals surface area (Å²) in [4.78, 5) is 26.4. The molecule has 0 radical (unpaired) electrons.